The van der Waals surface area contributed by atoms with E-state index in [0.717, 1.165) is 24.0 Å². The first kappa shape index (κ1) is 16.7. The Hall–Kier alpha value is -3.20. The molecular weight excluding hydrogens is 313 g/mol. The molecule has 3 aromatic rings. The average Bonchev–Trinajstić information content (AvgIpc) is 2.65. The van der Waals surface area contributed by atoms with E-state index >= 15 is 0 Å². The van der Waals surface area contributed by atoms with Crippen LogP contribution in [0.1, 0.15) is 21.5 Å². The summed E-state index contributed by atoms with van der Waals surface area (Å²) < 4.78 is 13.0. The molecule has 0 amide bonds. The summed E-state index contributed by atoms with van der Waals surface area (Å²) >= 11 is 0. The lowest BCUT2D eigenvalue weighted by Crippen LogP contribution is -1.96. The molecule has 3 rings (SSSR count). The lowest BCUT2D eigenvalue weighted by Gasteiger charge is -2.10. The predicted octanol–water partition coefficient (Wildman–Crippen LogP) is 5.64. The number of nitrogens with one attached hydrogen (secondary N) is 1. The smallest absolute Gasteiger partial charge is 0.152 e. The topological polar surface area (TPSA) is 29.1 Å². The van der Waals surface area contributed by atoms with E-state index in [2.05, 4.69) is 23.5 Å². The second-order valence-corrected chi connectivity index (χ2v) is 5.69. The van der Waals surface area contributed by atoms with Gasteiger partial charge in [-0.3, -0.25) is 4.79 Å². The van der Waals surface area contributed by atoms with Gasteiger partial charge in [0, 0.05) is 16.9 Å². The molecule has 0 aliphatic heterocycles. The van der Waals surface area contributed by atoms with Gasteiger partial charge in [0.25, 0.3) is 0 Å². The van der Waals surface area contributed by atoms with Gasteiger partial charge in [-0.25, -0.2) is 4.39 Å². The van der Waals surface area contributed by atoms with Crippen molar-refractivity contribution in [3.8, 4) is 0 Å². The number of halogens is 1. The first-order chi connectivity index (χ1) is 12.2. The second-order valence-electron chi connectivity index (χ2n) is 5.69. The Morgan fingerprint density at radius 3 is 2.40 bits per heavy atom. The number of rotatable bonds is 6. The summed E-state index contributed by atoms with van der Waals surface area (Å²) in [6, 6.07) is 21.8. The average molecular weight is 331 g/mol. The van der Waals surface area contributed by atoms with Gasteiger partial charge >= 0.3 is 0 Å². The van der Waals surface area contributed by atoms with Gasteiger partial charge < -0.3 is 5.32 Å². The summed E-state index contributed by atoms with van der Waals surface area (Å²) in [6.45, 7) is 0. The summed E-state index contributed by atoms with van der Waals surface area (Å²) in [5, 5.41) is 3.17. The highest BCUT2D eigenvalue weighted by Gasteiger charge is 2.03. The lowest BCUT2D eigenvalue weighted by molar-refractivity contribution is 0.112. The van der Waals surface area contributed by atoms with Crippen LogP contribution in [0.5, 0.6) is 0 Å². The molecule has 0 aliphatic carbocycles. The number of aldehydes is 1. The summed E-state index contributed by atoms with van der Waals surface area (Å²) in [7, 11) is 0. The largest absolute Gasteiger partial charge is 0.355 e. The molecule has 0 fully saturated rings. The molecule has 3 heteroatoms. The van der Waals surface area contributed by atoms with Crippen molar-refractivity contribution in [3.63, 3.8) is 0 Å². The molecule has 0 saturated heterocycles. The van der Waals surface area contributed by atoms with E-state index in [1.807, 2.05) is 36.4 Å². The number of hydrogen-bond donors (Lipinski definition) is 1. The number of carbonyl (C=O) groups is 1. The van der Waals surface area contributed by atoms with Gasteiger partial charge in [-0.15, -0.1) is 0 Å². The van der Waals surface area contributed by atoms with Crippen LogP contribution < -0.4 is 5.32 Å². The van der Waals surface area contributed by atoms with Crippen LogP contribution in [0, 0.1) is 5.82 Å². The molecule has 0 unspecified atom stereocenters. The summed E-state index contributed by atoms with van der Waals surface area (Å²) in [6.07, 6.45) is 5.77. The van der Waals surface area contributed by atoms with Gasteiger partial charge in [0.15, 0.2) is 6.29 Å². The van der Waals surface area contributed by atoms with E-state index < -0.39 is 0 Å². The molecular formula is C22H18FNO. The van der Waals surface area contributed by atoms with Crippen molar-refractivity contribution in [1.29, 1.82) is 0 Å². The van der Waals surface area contributed by atoms with Crippen molar-refractivity contribution in [2.45, 2.75) is 6.42 Å². The highest BCUT2D eigenvalue weighted by atomic mass is 19.1. The molecule has 3 aromatic carbocycles. The van der Waals surface area contributed by atoms with Crippen LogP contribution in [0.2, 0.25) is 0 Å². The maximum atomic E-state index is 13.0. The van der Waals surface area contributed by atoms with Crippen molar-refractivity contribution in [2.24, 2.45) is 0 Å². The zero-order valence-electron chi connectivity index (χ0n) is 13.7. The fourth-order valence-corrected chi connectivity index (χ4v) is 2.52. The molecule has 1 N–H and O–H groups in total. The minimum absolute atomic E-state index is 0.293. The van der Waals surface area contributed by atoms with E-state index in [1.54, 1.807) is 18.2 Å². The van der Waals surface area contributed by atoms with Crippen LogP contribution in [-0.2, 0) is 6.42 Å². The van der Waals surface area contributed by atoms with E-state index in [0.29, 0.717) is 11.3 Å². The molecule has 0 radical (unpaired) electrons. The Morgan fingerprint density at radius 2 is 1.68 bits per heavy atom. The van der Waals surface area contributed by atoms with Gasteiger partial charge in [-0.05, 0) is 53.9 Å². The van der Waals surface area contributed by atoms with Gasteiger partial charge in [-0.1, -0.05) is 48.6 Å². The van der Waals surface area contributed by atoms with Gasteiger partial charge in [0.2, 0.25) is 0 Å². The molecule has 0 aliphatic rings. The molecule has 0 spiro atoms. The van der Waals surface area contributed by atoms with Gasteiger partial charge in [-0.2, -0.15) is 0 Å². The standard InChI is InChI=1S/C22H18FNO/c23-20-11-13-21(14-12-20)24-22-15-18(9-10-19(22)16-25)8-4-7-17-5-2-1-3-6-17/h1-6,8-16,24H,7H2/b8-4+. The summed E-state index contributed by atoms with van der Waals surface area (Å²) in [5.41, 5.74) is 4.22. The Labute approximate surface area is 146 Å². The third-order valence-electron chi connectivity index (χ3n) is 3.83. The Balaban J connectivity index is 1.77. The Bertz CT molecular complexity index is 870. The fraction of sp³-hybridized carbons (Fsp3) is 0.0455. The number of anilines is 2. The molecule has 0 saturated carbocycles. The zero-order valence-corrected chi connectivity index (χ0v) is 13.7. The first-order valence-corrected chi connectivity index (χ1v) is 8.07. The molecule has 2 nitrogen and oxygen atoms in total. The normalized spacial score (nSPS) is 10.8. The van der Waals surface area contributed by atoms with Crippen molar-refractivity contribution in [3.05, 3.63) is 101 Å². The van der Waals surface area contributed by atoms with Gasteiger partial charge in [0.1, 0.15) is 5.82 Å². The highest BCUT2D eigenvalue weighted by Crippen LogP contribution is 2.22. The molecule has 25 heavy (non-hydrogen) atoms. The van der Waals surface area contributed by atoms with Crippen LogP contribution in [0.15, 0.2) is 78.9 Å². The third-order valence-corrected chi connectivity index (χ3v) is 3.83. The van der Waals surface area contributed by atoms with E-state index in [4.69, 9.17) is 0 Å². The van der Waals surface area contributed by atoms with Crippen molar-refractivity contribution in [1.82, 2.24) is 0 Å². The van der Waals surface area contributed by atoms with E-state index in [9.17, 15) is 9.18 Å². The lowest BCUT2D eigenvalue weighted by atomic mass is 10.1. The van der Waals surface area contributed by atoms with Crippen LogP contribution in [0.3, 0.4) is 0 Å². The minimum Gasteiger partial charge on any atom is -0.355 e. The van der Waals surface area contributed by atoms with E-state index in [-0.39, 0.29) is 5.82 Å². The minimum atomic E-state index is -0.293. The fourth-order valence-electron chi connectivity index (χ4n) is 2.52. The van der Waals surface area contributed by atoms with Crippen molar-refractivity contribution < 1.29 is 9.18 Å². The third kappa shape index (κ3) is 4.64. The monoisotopic (exact) mass is 331 g/mol. The molecule has 0 atom stereocenters. The maximum absolute atomic E-state index is 13.0. The quantitative estimate of drug-likeness (QED) is 0.592. The van der Waals surface area contributed by atoms with Crippen LogP contribution in [0.25, 0.3) is 6.08 Å². The summed E-state index contributed by atoms with van der Waals surface area (Å²) in [5.74, 6) is -0.293. The van der Waals surface area contributed by atoms with E-state index in [1.165, 1.54) is 17.7 Å². The number of benzene rings is 3. The van der Waals surface area contributed by atoms with Crippen molar-refractivity contribution >= 4 is 23.7 Å². The summed E-state index contributed by atoms with van der Waals surface area (Å²) in [4.78, 5) is 11.3. The van der Waals surface area contributed by atoms with Crippen LogP contribution in [-0.4, -0.2) is 6.29 Å². The predicted molar refractivity (Wildman–Crippen MR) is 101 cm³/mol. The Morgan fingerprint density at radius 1 is 0.920 bits per heavy atom. The molecule has 0 bridgehead atoms. The number of allylic oxidation sites excluding steroid dienone is 1. The highest BCUT2D eigenvalue weighted by molar-refractivity contribution is 5.87. The zero-order chi connectivity index (χ0) is 17.5. The van der Waals surface area contributed by atoms with Crippen molar-refractivity contribution in [2.75, 3.05) is 5.32 Å². The SMILES string of the molecule is O=Cc1ccc(/C=C/Cc2ccccc2)cc1Nc1ccc(F)cc1. The maximum Gasteiger partial charge on any atom is 0.152 e. The molecule has 0 heterocycles. The first-order valence-electron chi connectivity index (χ1n) is 8.07. The van der Waals surface area contributed by atoms with Gasteiger partial charge in [0.05, 0.1) is 0 Å². The van der Waals surface area contributed by atoms with Crippen LogP contribution in [0.4, 0.5) is 15.8 Å². The Kier molecular flexibility index (Phi) is 5.37. The molecule has 124 valence electrons. The van der Waals surface area contributed by atoms with Crippen LogP contribution >= 0.6 is 0 Å². The molecule has 0 aromatic heterocycles. The number of carbonyl (C=O) groups excluding carboxylic acids is 1. The number of hydrogen-bond acceptors (Lipinski definition) is 2. The second kappa shape index (κ2) is 8.06.